The monoisotopic (exact) mass is 342 g/mol. The number of amides is 1. The lowest BCUT2D eigenvalue weighted by Crippen LogP contribution is -2.50. The van der Waals surface area contributed by atoms with Gasteiger partial charge in [0.05, 0.1) is 17.0 Å². The maximum absolute atomic E-state index is 13.3. The fourth-order valence-corrected chi connectivity index (χ4v) is 3.04. The van der Waals surface area contributed by atoms with E-state index >= 15 is 0 Å². The third kappa shape index (κ3) is 4.91. The van der Waals surface area contributed by atoms with Crippen molar-refractivity contribution in [3.05, 3.63) is 34.6 Å². The second-order valence-electron chi connectivity index (χ2n) is 5.88. The summed E-state index contributed by atoms with van der Waals surface area (Å²) in [4.78, 5) is 25.1. The maximum atomic E-state index is 13.3. The molecule has 1 aromatic rings. The predicted octanol–water partition coefficient (Wildman–Crippen LogP) is 2.54. The molecule has 0 saturated carbocycles. The molecule has 2 unspecified atom stereocenters. The van der Waals surface area contributed by atoms with Crippen LogP contribution in [0.25, 0.3) is 0 Å². The summed E-state index contributed by atoms with van der Waals surface area (Å²) >= 11 is 5.94. The lowest BCUT2D eigenvalue weighted by Gasteiger charge is -2.36. The van der Waals surface area contributed by atoms with Crippen LogP contribution in [0, 0.1) is 5.82 Å². The maximum Gasteiger partial charge on any atom is 0.304 e. The van der Waals surface area contributed by atoms with Crippen LogP contribution in [-0.2, 0) is 4.79 Å². The van der Waals surface area contributed by atoms with Crippen molar-refractivity contribution in [3.8, 4) is 0 Å². The van der Waals surface area contributed by atoms with Gasteiger partial charge in [0.25, 0.3) is 5.91 Å². The van der Waals surface area contributed by atoms with Gasteiger partial charge in [-0.15, -0.1) is 0 Å². The topological polar surface area (TPSA) is 69.6 Å². The molecule has 1 fully saturated rings. The SMILES string of the molecule is CC(CC(=O)O)N1CCCC(NC(=O)c2cc(F)ccc2Cl)C1. The second-order valence-corrected chi connectivity index (χ2v) is 6.29. The number of hydrogen-bond donors (Lipinski definition) is 2. The average molecular weight is 343 g/mol. The Balaban J connectivity index is 1.98. The Morgan fingerprint density at radius 2 is 2.26 bits per heavy atom. The van der Waals surface area contributed by atoms with Crippen LogP contribution in [0.4, 0.5) is 4.39 Å². The number of piperidine rings is 1. The van der Waals surface area contributed by atoms with Gasteiger partial charge in [-0.1, -0.05) is 11.6 Å². The van der Waals surface area contributed by atoms with E-state index in [9.17, 15) is 14.0 Å². The first-order chi connectivity index (χ1) is 10.9. The largest absolute Gasteiger partial charge is 0.481 e. The normalized spacial score (nSPS) is 20.0. The summed E-state index contributed by atoms with van der Waals surface area (Å²) in [6.07, 6.45) is 1.73. The van der Waals surface area contributed by atoms with Gasteiger partial charge in [0.1, 0.15) is 5.82 Å². The van der Waals surface area contributed by atoms with E-state index in [2.05, 4.69) is 10.2 Å². The van der Waals surface area contributed by atoms with Crippen molar-refractivity contribution in [1.29, 1.82) is 0 Å². The summed E-state index contributed by atoms with van der Waals surface area (Å²) in [7, 11) is 0. The Labute approximate surface area is 139 Å². The van der Waals surface area contributed by atoms with Gasteiger partial charge in [0, 0.05) is 18.6 Å². The zero-order valence-corrected chi connectivity index (χ0v) is 13.6. The summed E-state index contributed by atoms with van der Waals surface area (Å²) < 4.78 is 13.3. The predicted molar refractivity (Wildman–Crippen MR) is 85.2 cm³/mol. The molecule has 0 radical (unpaired) electrons. The molecule has 0 bridgehead atoms. The van der Waals surface area contributed by atoms with Crippen LogP contribution in [0.5, 0.6) is 0 Å². The van der Waals surface area contributed by atoms with Crippen molar-refractivity contribution in [1.82, 2.24) is 10.2 Å². The fraction of sp³-hybridized carbons (Fsp3) is 0.500. The third-order valence-electron chi connectivity index (χ3n) is 4.05. The van der Waals surface area contributed by atoms with E-state index in [1.165, 1.54) is 12.1 Å². The van der Waals surface area contributed by atoms with E-state index in [0.29, 0.717) is 6.54 Å². The molecule has 0 spiro atoms. The highest BCUT2D eigenvalue weighted by Gasteiger charge is 2.26. The van der Waals surface area contributed by atoms with E-state index in [-0.39, 0.29) is 29.1 Å². The molecular weight excluding hydrogens is 323 g/mol. The molecule has 1 heterocycles. The van der Waals surface area contributed by atoms with Gasteiger partial charge in [-0.05, 0) is 44.5 Å². The van der Waals surface area contributed by atoms with Crippen LogP contribution in [0.2, 0.25) is 5.02 Å². The summed E-state index contributed by atoms with van der Waals surface area (Å²) in [6, 6.07) is 3.48. The van der Waals surface area contributed by atoms with Gasteiger partial charge in [-0.3, -0.25) is 14.5 Å². The number of carboxylic acids is 1. The number of likely N-dealkylation sites (tertiary alicyclic amines) is 1. The van der Waals surface area contributed by atoms with Crippen molar-refractivity contribution < 1.29 is 19.1 Å². The molecule has 126 valence electrons. The zero-order valence-electron chi connectivity index (χ0n) is 12.9. The number of nitrogens with one attached hydrogen (secondary N) is 1. The average Bonchev–Trinajstić information content (AvgIpc) is 2.49. The molecule has 1 saturated heterocycles. The lowest BCUT2D eigenvalue weighted by atomic mass is 10.0. The molecule has 2 N–H and O–H groups in total. The highest BCUT2D eigenvalue weighted by Crippen LogP contribution is 2.19. The Kier molecular flexibility index (Phi) is 5.96. The van der Waals surface area contributed by atoms with E-state index in [1.807, 2.05) is 6.92 Å². The number of aliphatic carboxylic acids is 1. The lowest BCUT2D eigenvalue weighted by molar-refractivity contribution is -0.138. The number of rotatable bonds is 5. The second kappa shape index (κ2) is 7.75. The molecule has 7 heteroatoms. The first-order valence-corrected chi connectivity index (χ1v) is 7.96. The number of carbonyl (C=O) groups is 2. The van der Waals surface area contributed by atoms with Crippen LogP contribution in [-0.4, -0.2) is 47.1 Å². The van der Waals surface area contributed by atoms with E-state index in [1.54, 1.807) is 0 Å². The van der Waals surface area contributed by atoms with Gasteiger partial charge in [0.2, 0.25) is 0 Å². The number of carboxylic acid groups (broad SMARTS) is 1. The molecule has 1 amide bonds. The van der Waals surface area contributed by atoms with Crippen LogP contribution in [0.15, 0.2) is 18.2 Å². The number of carbonyl (C=O) groups excluding carboxylic acids is 1. The molecule has 2 rings (SSSR count). The Morgan fingerprint density at radius 1 is 1.52 bits per heavy atom. The highest BCUT2D eigenvalue weighted by molar-refractivity contribution is 6.33. The van der Waals surface area contributed by atoms with Gasteiger partial charge >= 0.3 is 5.97 Å². The summed E-state index contributed by atoms with van der Waals surface area (Å²) in [5.74, 6) is -1.76. The van der Waals surface area contributed by atoms with Crippen molar-refractivity contribution in [3.63, 3.8) is 0 Å². The molecule has 0 aliphatic carbocycles. The van der Waals surface area contributed by atoms with Crippen molar-refractivity contribution in [2.75, 3.05) is 13.1 Å². The summed E-state index contributed by atoms with van der Waals surface area (Å²) in [5, 5.41) is 12.0. The first-order valence-electron chi connectivity index (χ1n) is 7.58. The van der Waals surface area contributed by atoms with E-state index in [0.717, 1.165) is 25.5 Å². The third-order valence-corrected chi connectivity index (χ3v) is 4.38. The number of nitrogens with zero attached hydrogens (tertiary/aromatic N) is 1. The zero-order chi connectivity index (χ0) is 17.0. The van der Waals surface area contributed by atoms with Gasteiger partial charge in [0.15, 0.2) is 0 Å². The minimum atomic E-state index is -0.838. The molecule has 5 nitrogen and oxygen atoms in total. The van der Waals surface area contributed by atoms with Gasteiger partial charge < -0.3 is 10.4 Å². The van der Waals surface area contributed by atoms with E-state index < -0.39 is 17.7 Å². The minimum Gasteiger partial charge on any atom is -0.481 e. The summed E-state index contributed by atoms with van der Waals surface area (Å²) in [5.41, 5.74) is 0.113. The quantitative estimate of drug-likeness (QED) is 0.862. The van der Waals surface area contributed by atoms with Crippen LogP contribution in [0.3, 0.4) is 0 Å². The first kappa shape index (κ1) is 17.7. The molecular formula is C16H20ClFN2O3. The summed E-state index contributed by atoms with van der Waals surface area (Å²) in [6.45, 7) is 3.25. The molecule has 0 aromatic heterocycles. The molecule has 23 heavy (non-hydrogen) atoms. The van der Waals surface area contributed by atoms with Crippen molar-refractivity contribution in [2.24, 2.45) is 0 Å². The van der Waals surface area contributed by atoms with Crippen molar-refractivity contribution >= 4 is 23.5 Å². The minimum absolute atomic E-state index is 0.0659. The molecule has 1 aliphatic heterocycles. The van der Waals surface area contributed by atoms with Crippen LogP contribution >= 0.6 is 11.6 Å². The van der Waals surface area contributed by atoms with E-state index in [4.69, 9.17) is 16.7 Å². The Morgan fingerprint density at radius 3 is 2.96 bits per heavy atom. The Hall–Kier alpha value is -1.66. The van der Waals surface area contributed by atoms with Crippen LogP contribution < -0.4 is 5.32 Å². The molecule has 1 aromatic carbocycles. The molecule has 2 atom stereocenters. The smallest absolute Gasteiger partial charge is 0.304 e. The number of halogens is 2. The molecule has 1 aliphatic rings. The van der Waals surface area contributed by atoms with Crippen LogP contribution in [0.1, 0.15) is 36.5 Å². The van der Waals surface area contributed by atoms with Crippen molar-refractivity contribution in [2.45, 2.75) is 38.3 Å². The fourth-order valence-electron chi connectivity index (χ4n) is 2.84. The Bertz CT molecular complexity index is 597. The van der Waals surface area contributed by atoms with Gasteiger partial charge in [-0.2, -0.15) is 0 Å². The number of benzene rings is 1. The highest BCUT2D eigenvalue weighted by atomic mass is 35.5. The van der Waals surface area contributed by atoms with Gasteiger partial charge in [-0.25, -0.2) is 4.39 Å². The number of hydrogen-bond acceptors (Lipinski definition) is 3. The standard InChI is InChI=1S/C16H20ClFN2O3/c1-10(7-15(21)22)20-6-2-3-12(9-20)19-16(23)13-8-11(18)4-5-14(13)17/h4-5,8,10,12H,2-3,6-7,9H2,1H3,(H,19,23)(H,21,22).